The maximum atomic E-state index is 13.6. The Kier molecular flexibility index (Phi) is 4.64. The van der Waals surface area contributed by atoms with Gasteiger partial charge in [-0.15, -0.1) is 11.3 Å². The van der Waals surface area contributed by atoms with E-state index in [1.54, 1.807) is 34.2 Å². The highest BCUT2D eigenvalue weighted by Gasteiger charge is 2.24. The number of hydrogen-bond donors (Lipinski definition) is 1. The lowest BCUT2D eigenvalue weighted by Crippen LogP contribution is -2.22. The Labute approximate surface area is 175 Å². The Balaban J connectivity index is 1.63. The summed E-state index contributed by atoms with van der Waals surface area (Å²) < 4.78 is 1.67. The lowest BCUT2D eigenvalue weighted by molar-refractivity contribution is 0.101. The van der Waals surface area contributed by atoms with E-state index in [1.807, 2.05) is 31.2 Å². The van der Waals surface area contributed by atoms with Crippen LogP contribution in [0.2, 0.25) is 0 Å². The number of nitrogens with zero attached hydrogens (tertiary/aromatic N) is 2. The molecule has 1 aliphatic rings. The van der Waals surface area contributed by atoms with Crippen LogP contribution in [0.3, 0.4) is 0 Å². The van der Waals surface area contributed by atoms with E-state index in [9.17, 15) is 9.59 Å². The number of rotatable bonds is 5. The van der Waals surface area contributed by atoms with Crippen molar-refractivity contribution in [3.63, 3.8) is 0 Å². The molecule has 0 spiro atoms. The lowest BCUT2D eigenvalue weighted by atomic mass is 10.2. The summed E-state index contributed by atoms with van der Waals surface area (Å²) in [4.78, 5) is 35.9. The predicted octanol–water partition coefficient (Wildman–Crippen LogP) is 4.55. The van der Waals surface area contributed by atoms with Crippen molar-refractivity contribution in [1.82, 2.24) is 14.5 Å². The molecule has 0 atom stereocenters. The number of nitrogens with one attached hydrogen (secondary N) is 1. The zero-order valence-electron chi connectivity index (χ0n) is 15.9. The number of thiophene rings is 1. The molecule has 3 aromatic heterocycles. The van der Waals surface area contributed by atoms with Gasteiger partial charge in [0.25, 0.3) is 5.56 Å². The molecule has 1 aliphatic carbocycles. The number of carbonyl (C=O) groups is 1. The Hall–Kier alpha value is -2.64. The fourth-order valence-corrected chi connectivity index (χ4v) is 5.95. The first-order valence-electron chi connectivity index (χ1n) is 9.55. The van der Waals surface area contributed by atoms with Gasteiger partial charge in [0, 0.05) is 11.1 Å². The number of fused-ring (bicyclic) bond motifs is 3. The van der Waals surface area contributed by atoms with Crippen LogP contribution in [0.15, 0.2) is 52.5 Å². The van der Waals surface area contributed by atoms with Gasteiger partial charge < -0.3 is 4.98 Å². The normalized spacial score (nSPS) is 13.1. The van der Waals surface area contributed by atoms with Crippen molar-refractivity contribution in [3.05, 3.63) is 74.6 Å². The second kappa shape index (κ2) is 7.31. The highest BCUT2D eigenvalue weighted by atomic mass is 32.2. The molecule has 29 heavy (non-hydrogen) atoms. The van der Waals surface area contributed by atoms with E-state index < -0.39 is 0 Å². The van der Waals surface area contributed by atoms with Gasteiger partial charge >= 0.3 is 0 Å². The molecule has 5 nitrogen and oxygen atoms in total. The van der Waals surface area contributed by atoms with Crippen molar-refractivity contribution >= 4 is 39.1 Å². The Bertz CT molecular complexity index is 1270. The number of H-pyrrole nitrogens is 1. The number of aromatic nitrogens is 3. The molecular formula is C22H19N3O2S2. The minimum absolute atomic E-state index is 0.0153. The van der Waals surface area contributed by atoms with Crippen molar-refractivity contribution < 1.29 is 4.79 Å². The molecule has 0 saturated heterocycles. The number of Topliss-reactive ketones (excluding diaryl/α,β-unsaturated/α-hetero) is 1. The van der Waals surface area contributed by atoms with Crippen molar-refractivity contribution in [1.29, 1.82) is 0 Å². The molecule has 146 valence electrons. The molecule has 7 heteroatoms. The molecule has 0 radical (unpaired) electrons. The fourth-order valence-electron chi connectivity index (χ4n) is 3.75. The fraction of sp³-hybridized carbons (Fsp3) is 0.227. The highest BCUT2D eigenvalue weighted by molar-refractivity contribution is 7.99. The molecule has 0 saturated carbocycles. The number of benzene rings is 1. The van der Waals surface area contributed by atoms with E-state index in [0.717, 1.165) is 40.7 Å². The zero-order valence-corrected chi connectivity index (χ0v) is 17.5. The molecule has 3 heterocycles. The highest BCUT2D eigenvalue weighted by Crippen LogP contribution is 2.36. The maximum Gasteiger partial charge on any atom is 0.267 e. The van der Waals surface area contributed by atoms with Gasteiger partial charge in [-0.25, -0.2) is 4.98 Å². The van der Waals surface area contributed by atoms with Gasteiger partial charge in [-0.3, -0.25) is 14.2 Å². The first-order valence-corrected chi connectivity index (χ1v) is 11.4. The minimum Gasteiger partial charge on any atom is -0.359 e. The molecule has 4 aromatic rings. The van der Waals surface area contributed by atoms with Crippen molar-refractivity contribution in [2.45, 2.75) is 31.3 Å². The summed E-state index contributed by atoms with van der Waals surface area (Å²) in [5.41, 5.74) is 3.61. The largest absolute Gasteiger partial charge is 0.359 e. The molecule has 0 bridgehead atoms. The summed E-state index contributed by atoms with van der Waals surface area (Å²) in [7, 11) is 0. The Morgan fingerprint density at radius 1 is 1.24 bits per heavy atom. The van der Waals surface area contributed by atoms with E-state index in [0.29, 0.717) is 10.9 Å². The van der Waals surface area contributed by atoms with E-state index in [-0.39, 0.29) is 17.1 Å². The molecule has 0 aliphatic heterocycles. The summed E-state index contributed by atoms with van der Waals surface area (Å²) in [6, 6.07) is 11.4. The predicted molar refractivity (Wildman–Crippen MR) is 118 cm³/mol. The van der Waals surface area contributed by atoms with Gasteiger partial charge in [0.1, 0.15) is 4.83 Å². The maximum absolute atomic E-state index is 13.6. The summed E-state index contributed by atoms with van der Waals surface area (Å²) >= 11 is 2.94. The third-order valence-electron chi connectivity index (χ3n) is 5.23. The van der Waals surface area contributed by atoms with E-state index in [4.69, 9.17) is 4.98 Å². The first kappa shape index (κ1) is 18.4. The summed E-state index contributed by atoms with van der Waals surface area (Å²) in [5, 5.41) is 1.31. The number of hydrogen-bond acceptors (Lipinski definition) is 5. The smallest absolute Gasteiger partial charge is 0.267 e. The van der Waals surface area contributed by atoms with Crippen LogP contribution < -0.4 is 5.56 Å². The van der Waals surface area contributed by atoms with Gasteiger partial charge in [-0.2, -0.15) is 0 Å². The molecule has 0 fully saturated rings. The van der Waals surface area contributed by atoms with Crippen molar-refractivity contribution in [2.24, 2.45) is 0 Å². The summed E-state index contributed by atoms with van der Waals surface area (Å²) in [6.07, 6.45) is 4.80. The standard InChI is InChI=1S/C22H19N3O2S2/c1-13-7-9-14(10-8-13)25-21(27)19-15-4-2-6-18(15)29-20(19)24-22(25)28-12-17(26)16-5-3-11-23-16/h3,5,7-11,23H,2,4,6,12H2,1H3. The Morgan fingerprint density at radius 2 is 2.07 bits per heavy atom. The number of aryl methyl sites for hydroxylation is 3. The second-order valence-electron chi connectivity index (χ2n) is 7.20. The van der Waals surface area contributed by atoms with Crippen LogP contribution >= 0.6 is 23.1 Å². The third-order valence-corrected chi connectivity index (χ3v) is 7.36. The molecule has 1 N–H and O–H groups in total. The first-order chi connectivity index (χ1) is 14.1. The lowest BCUT2D eigenvalue weighted by Gasteiger charge is -2.12. The van der Waals surface area contributed by atoms with E-state index >= 15 is 0 Å². The van der Waals surface area contributed by atoms with Crippen LogP contribution in [-0.4, -0.2) is 26.1 Å². The number of thioether (sulfide) groups is 1. The zero-order chi connectivity index (χ0) is 20.0. The van der Waals surface area contributed by atoms with Crippen LogP contribution in [0.1, 0.15) is 32.9 Å². The van der Waals surface area contributed by atoms with Crippen molar-refractivity contribution in [3.8, 4) is 5.69 Å². The van der Waals surface area contributed by atoms with Crippen LogP contribution in [0, 0.1) is 6.92 Å². The van der Waals surface area contributed by atoms with Gasteiger partial charge in [0.2, 0.25) is 0 Å². The number of aromatic amines is 1. The monoisotopic (exact) mass is 421 g/mol. The summed E-state index contributed by atoms with van der Waals surface area (Å²) in [5.74, 6) is 0.202. The van der Waals surface area contributed by atoms with Gasteiger partial charge in [0.15, 0.2) is 10.9 Å². The van der Waals surface area contributed by atoms with Crippen molar-refractivity contribution in [2.75, 3.05) is 5.75 Å². The molecule has 0 unspecified atom stereocenters. The van der Waals surface area contributed by atoms with Crippen LogP contribution in [0.5, 0.6) is 0 Å². The van der Waals surface area contributed by atoms with Gasteiger partial charge in [0.05, 0.1) is 22.5 Å². The molecule has 5 rings (SSSR count). The number of ketones is 1. The van der Waals surface area contributed by atoms with E-state index in [2.05, 4.69) is 4.98 Å². The molecular weight excluding hydrogens is 402 g/mol. The Morgan fingerprint density at radius 3 is 2.83 bits per heavy atom. The SMILES string of the molecule is Cc1ccc(-n2c(SCC(=O)c3ccc[nH]3)nc3sc4c(c3c2=O)CCC4)cc1. The summed E-state index contributed by atoms with van der Waals surface area (Å²) in [6.45, 7) is 2.02. The topological polar surface area (TPSA) is 67.8 Å². The van der Waals surface area contributed by atoms with Gasteiger partial charge in [-0.1, -0.05) is 29.5 Å². The van der Waals surface area contributed by atoms with Crippen LogP contribution in [0.25, 0.3) is 15.9 Å². The molecule has 0 amide bonds. The second-order valence-corrected chi connectivity index (χ2v) is 9.23. The number of carbonyl (C=O) groups excluding carboxylic acids is 1. The van der Waals surface area contributed by atoms with Gasteiger partial charge in [-0.05, 0) is 56.0 Å². The minimum atomic E-state index is -0.0342. The average Bonchev–Trinajstić information content (AvgIpc) is 3.44. The van der Waals surface area contributed by atoms with Crippen LogP contribution in [0.4, 0.5) is 0 Å². The quantitative estimate of drug-likeness (QED) is 0.292. The average molecular weight is 422 g/mol. The molecule has 1 aromatic carbocycles. The third kappa shape index (κ3) is 3.24. The van der Waals surface area contributed by atoms with E-state index in [1.165, 1.54) is 22.2 Å². The van der Waals surface area contributed by atoms with Crippen LogP contribution in [-0.2, 0) is 12.8 Å².